The Morgan fingerprint density at radius 1 is 1.33 bits per heavy atom. The number of aromatic nitrogens is 5. The normalized spacial score (nSPS) is 14.2. The first-order chi connectivity index (χ1) is 13.2. The molecule has 0 unspecified atom stereocenters. The first kappa shape index (κ1) is 17.6. The molecule has 0 aromatic carbocycles. The van der Waals surface area contributed by atoms with Crippen LogP contribution in [0, 0.1) is 0 Å². The van der Waals surface area contributed by atoms with Crippen molar-refractivity contribution in [3.8, 4) is 0 Å². The lowest BCUT2D eigenvalue weighted by Gasteiger charge is -2.17. The predicted octanol–water partition coefficient (Wildman–Crippen LogP) is 1.76. The van der Waals surface area contributed by atoms with Crippen LogP contribution in [0.3, 0.4) is 0 Å². The van der Waals surface area contributed by atoms with E-state index in [0.29, 0.717) is 23.0 Å². The van der Waals surface area contributed by atoms with Crippen LogP contribution in [0.2, 0.25) is 0 Å². The minimum absolute atomic E-state index is 0.190. The Morgan fingerprint density at radius 2 is 2.15 bits per heavy atom. The van der Waals surface area contributed by atoms with Crippen LogP contribution in [-0.4, -0.2) is 48.6 Å². The fraction of sp³-hybridized carbons (Fsp3) is 0.500. The number of carbonyl (C=O) groups excluding carboxylic acids is 1. The number of amides is 1. The molecule has 0 atom stereocenters. The Labute approximate surface area is 156 Å². The van der Waals surface area contributed by atoms with Crippen molar-refractivity contribution >= 4 is 11.6 Å². The molecule has 142 valence electrons. The minimum atomic E-state index is -0.264. The number of nitrogens with zero attached hydrogens (tertiary/aromatic N) is 6. The molecule has 9 heteroatoms. The number of carbonyl (C=O) groups is 1. The molecule has 1 N–H and O–H groups in total. The van der Waals surface area contributed by atoms with Crippen molar-refractivity contribution in [1.82, 2.24) is 35.0 Å². The molecule has 0 bridgehead atoms. The molecule has 4 rings (SSSR count). The van der Waals surface area contributed by atoms with E-state index in [9.17, 15) is 4.79 Å². The van der Waals surface area contributed by atoms with Crippen molar-refractivity contribution in [2.24, 2.45) is 0 Å². The van der Waals surface area contributed by atoms with Crippen LogP contribution >= 0.6 is 0 Å². The molecule has 3 aromatic rings. The highest BCUT2D eigenvalue weighted by Gasteiger charge is 2.28. The van der Waals surface area contributed by atoms with E-state index < -0.39 is 0 Å². The molecular formula is C18H23N7O2. The Kier molecular flexibility index (Phi) is 4.85. The van der Waals surface area contributed by atoms with Gasteiger partial charge in [0.1, 0.15) is 5.56 Å². The summed E-state index contributed by atoms with van der Waals surface area (Å²) < 4.78 is 6.82. The van der Waals surface area contributed by atoms with Gasteiger partial charge in [0.25, 0.3) is 5.91 Å². The Balaban J connectivity index is 1.43. The molecule has 9 nitrogen and oxygen atoms in total. The summed E-state index contributed by atoms with van der Waals surface area (Å²) in [6.45, 7) is 7.19. The van der Waals surface area contributed by atoms with Gasteiger partial charge < -0.3 is 9.84 Å². The lowest BCUT2D eigenvalue weighted by molar-refractivity contribution is 0.0947. The van der Waals surface area contributed by atoms with Gasteiger partial charge in [-0.3, -0.25) is 9.69 Å². The fourth-order valence-corrected chi connectivity index (χ4v) is 2.96. The van der Waals surface area contributed by atoms with E-state index in [1.807, 2.05) is 6.20 Å². The highest BCUT2D eigenvalue weighted by Crippen LogP contribution is 2.38. The summed E-state index contributed by atoms with van der Waals surface area (Å²) in [4.78, 5) is 23.5. The monoisotopic (exact) mass is 369 g/mol. The second-order valence-electron chi connectivity index (χ2n) is 6.75. The van der Waals surface area contributed by atoms with E-state index in [1.54, 1.807) is 10.7 Å². The van der Waals surface area contributed by atoms with Crippen LogP contribution in [0.15, 0.2) is 23.1 Å². The van der Waals surface area contributed by atoms with Gasteiger partial charge in [0.15, 0.2) is 11.5 Å². The topological polar surface area (TPSA) is 101 Å². The maximum absolute atomic E-state index is 12.5. The summed E-state index contributed by atoms with van der Waals surface area (Å²) in [5.41, 5.74) is 2.01. The lowest BCUT2D eigenvalue weighted by Crippen LogP contribution is -2.23. The second-order valence-corrected chi connectivity index (χ2v) is 6.75. The SMILES string of the molecule is CCN(CC)Cc1cnc2c(C(=O)NCc3nc(C4CC4)no3)cnn2c1. The molecule has 3 aromatic heterocycles. The van der Waals surface area contributed by atoms with Crippen LogP contribution in [0.5, 0.6) is 0 Å². The Morgan fingerprint density at radius 3 is 2.89 bits per heavy atom. The zero-order valence-corrected chi connectivity index (χ0v) is 15.6. The minimum Gasteiger partial charge on any atom is -0.343 e. The van der Waals surface area contributed by atoms with E-state index in [4.69, 9.17) is 4.52 Å². The third-order valence-corrected chi connectivity index (χ3v) is 4.78. The molecule has 0 radical (unpaired) electrons. The summed E-state index contributed by atoms with van der Waals surface area (Å²) in [6, 6.07) is 0. The molecule has 1 amide bonds. The van der Waals surface area contributed by atoms with Gasteiger partial charge >= 0.3 is 0 Å². The largest absolute Gasteiger partial charge is 0.343 e. The van der Waals surface area contributed by atoms with Crippen molar-refractivity contribution in [3.63, 3.8) is 0 Å². The van der Waals surface area contributed by atoms with Crippen LogP contribution in [0.1, 0.15) is 60.2 Å². The Bertz CT molecular complexity index is 940. The van der Waals surface area contributed by atoms with Crippen molar-refractivity contribution in [1.29, 1.82) is 0 Å². The third-order valence-electron chi connectivity index (χ3n) is 4.78. The van der Waals surface area contributed by atoms with E-state index in [2.05, 4.69) is 44.3 Å². The van der Waals surface area contributed by atoms with Crippen molar-refractivity contribution in [2.45, 2.75) is 45.7 Å². The smallest absolute Gasteiger partial charge is 0.257 e. The second kappa shape index (κ2) is 7.43. The van der Waals surface area contributed by atoms with Gasteiger partial charge in [-0.2, -0.15) is 10.1 Å². The average molecular weight is 369 g/mol. The molecule has 0 aliphatic heterocycles. The van der Waals surface area contributed by atoms with Crippen molar-refractivity contribution in [2.75, 3.05) is 13.1 Å². The van der Waals surface area contributed by atoms with Crippen LogP contribution < -0.4 is 5.32 Å². The van der Waals surface area contributed by atoms with Crippen LogP contribution in [0.4, 0.5) is 0 Å². The number of hydrogen-bond donors (Lipinski definition) is 1. The fourth-order valence-electron chi connectivity index (χ4n) is 2.96. The summed E-state index contributed by atoms with van der Waals surface area (Å²) in [5.74, 6) is 1.31. The van der Waals surface area contributed by atoms with Gasteiger partial charge in [0, 0.05) is 30.4 Å². The molecule has 1 saturated carbocycles. The van der Waals surface area contributed by atoms with Gasteiger partial charge in [-0.05, 0) is 25.9 Å². The first-order valence-corrected chi connectivity index (χ1v) is 9.33. The molecule has 0 spiro atoms. The number of rotatable bonds is 8. The van der Waals surface area contributed by atoms with Crippen LogP contribution in [-0.2, 0) is 13.1 Å². The van der Waals surface area contributed by atoms with Gasteiger partial charge in [0.2, 0.25) is 5.89 Å². The van der Waals surface area contributed by atoms with E-state index in [0.717, 1.165) is 43.9 Å². The zero-order valence-electron chi connectivity index (χ0n) is 15.6. The maximum atomic E-state index is 12.5. The van der Waals surface area contributed by atoms with Crippen molar-refractivity contribution in [3.05, 3.63) is 41.4 Å². The summed E-state index contributed by atoms with van der Waals surface area (Å²) >= 11 is 0. The summed E-state index contributed by atoms with van der Waals surface area (Å²) in [5, 5.41) is 11.0. The lowest BCUT2D eigenvalue weighted by atomic mass is 10.3. The molecular weight excluding hydrogens is 346 g/mol. The molecule has 1 aliphatic rings. The summed E-state index contributed by atoms with van der Waals surface area (Å²) in [7, 11) is 0. The van der Waals surface area contributed by atoms with Crippen molar-refractivity contribution < 1.29 is 9.32 Å². The first-order valence-electron chi connectivity index (χ1n) is 9.33. The van der Waals surface area contributed by atoms with Gasteiger partial charge in [-0.25, -0.2) is 9.50 Å². The summed E-state index contributed by atoms with van der Waals surface area (Å²) in [6.07, 6.45) is 7.46. The molecule has 27 heavy (non-hydrogen) atoms. The molecule has 1 aliphatic carbocycles. The van der Waals surface area contributed by atoms with Crippen LogP contribution in [0.25, 0.3) is 5.65 Å². The molecule has 0 saturated heterocycles. The quantitative estimate of drug-likeness (QED) is 0.645. The number of nitrogens with one attached hydrogen (secondary N) is 1. The predicted molar refractivity (Wildman–Crippen MR) is 97.1 cm³/mol. The van der Waals surface area contributed by atoms with Gasteiger partial charge in [-0.15, -0.1) is 0 Å². The Hall–Kier alpha value is -2.81. The maximum Gasteiger partial charge on any atom is 0.257 e. The number of hydrogen-bond acceptors (Lipinski definition) is 7. The van der Waals surface area contributed by atoms with E-state index in [-0.39, 0.29) is 12.5 Å². The highest BCUT2D eigenvalue weighted by molar-refractivity contribution is 5.99. The number of fused-ring (bicyclic) bond motifs is 1. The van der Waals surface area contributed by atoms with E-state index in [1.165, 1.54) is 6.20 Å². The molecule has 3 heterocycles. The van der Waals surface area contributed by atoms with Gasteiger partial charge in [-0.1, -0.05) is 19.0 Å². The third kappa shape index (κ3) is 3.82. The molecule has 1 fully saturated rings. The van der Waals surface area contributed by atoms with Gasteiger partial charge in [0.05, 0.1) is 12.7 Å². The zero-order chi connectivity index (χ0) is 18.8. The highest BCUT2D eigenvalue weighted by atomic mass is 16.5. The van der Waals surface area contributed by atoms with E-state index >= 15 is 0 Å². The average Bonchev–Trinajstić information content (AvgIpc) is 3.28. The standard InChI is InChI=1S/C18H23N7O2/c1-3-24(4-2)10-12-7-19-17-14(8-21-25(17)11-12)18(26)20-9-15-22-16(23-27-15)13-5-6-13/h7-8,11,13H,3-6,9-10H2,1-2H3,(H,20,26).